The number of para-hydroxylation sites is 1. The van der Waals surface area contributed by atoms with Gasteiger partial charge in [0.05, 0.1) is 5.75 Å². The first kappa shape index (κ1) is 12.4. The van der Waals surface area contributed by atoms with Crippen LogP contribution in [0.2, 0.25) is 0 Å². The molecular weight excluding hydrogens is 262 g/mol. The van der Waals surface area contributed by atoms with Crippen molar-refractivity contribution in [1.29, 1.82) is 0 Å². The number of halogens is 1. The predicted octanol–water partition coefficient (Wildman–Crippen LogP) is 1.71. The highest BCUT2D eigenvalue weighted by Crippen LogP contribution is 2.37. The lowest BCUT2D eigenvalue weighted by Crippen LogP contribution is -2.28. The van der Waals surface area contributed by atoms with E-state index in [1.165, 1.54) is 6.92 Å². The van der Waals surface area contributed by atoms with Gasteiger partial charge in [-0.2, -0.15) is 0 Å². The molecule has 92 valence electrons. The molecular formula is C11H12ClNO3S. The Kier molecular flexibility index (Phi) is 3.14. The van der Waals surface area contributed by atoms with Gasteiger partial charge in [-0.1, -0.05) is 18.2 Å². The molecule has 17 heavy (non-hydrogen) atoms. The summed E-state index contributed by atoms with van der Waals surface area (Å²) < 4.78 is 22.3. The molecule has 0 fully saturated rings. The van der Waals surface area contributed by atoms with Gasteiger partial charge in [0.2, 0.25) is 15.0 Å². The average Bonchev–Trinajstić information content (AvgIpc) is 2.55. The Morgan fingerprint density at radius 3 is 2.71 bits per heavy atom. The van der Waals surface area contributed by atoms with Crippen LogP contribution in [0.1, 0.15) is 18.4 Å². The van der Waals surface area contributed by atoms with Crippen molar-refractivity contribution in [2.24, 2.45) is 0 Å². The number of benzene rings is 1. The molecule has 2 rings (SSSR count). The molecule has 0 aliphatic carbocycles. The molecule has 0 aromatic heterocycles. The standard InChI is InChI=1S/C11H12ClNO3S/c1-8(14)13-6-9(7-17(12,15)16)10-4-2-3-5-11(10)13/h2-5,9H,6-7H2,1H3. The van der Waals surface area contributed by atoms with Gasteiger partial charge in [-0.15, -0.1) is 0 Å². The largest absolute Gasteiger partial charge is 0.312 e. The minimum absolute atomic E-state index is 0.0908. The van der Waals surface area contributed by atoms with Gasteiger partial charge in [-0.3, -0.25) is 4.79 Å². The van der Waals surface area contributed by atoms with Crippen LogP contribution in [0, 0.1) is 0 Å². The Bertz CT molecular complexity index is 556. The van der Waals surface area contributed by atoms with Gasteiger partial charge < -0.3 is 4.90 Å². The molecule has 6 heteroatoms. The first-order valence-corrected chi connectivity index (χ1v) is 7.65. The van der Waals surface area contributed by atoms with Crippen molar-refractivity contribution in [2.45, 2.75) is 12.8 Å². The number of hydrogen-bond donors (Lipinski definition) is 0. The first-order chi connectivity index (χ1) is 7.88. The first-order valence-electron chi connectivity index (χ1n) is 5.18. The maximum atomic E-state index is 11.5. The molecule has 0 spiro atoms. The van der Waals surface area contributed by atoms with Crippen molar-refractivity contribution in [3.05, 3.63) is 29.8 Å². The average molecular weight is 274 g/mol. The van der Waals surface area contributed by atoms with Crippen molar-refractivity contribution in [2.75, 3.05) is 17.2 Å². The summed E-state index contributed by atoms with van der Waals surface area (Å²) in [5.74, 6) is -0.473. The molecule has 0 saturated heterocycles. The minimum Gasteiger partial charge on any atom is -0.312 e. The van der Waals surface area contributed by atoms with Gasteiger partial charge in [-0.05, 0) is 11.6 Å². The number of hydrogen-bond acceptors (Lipinski definition) is 3. The van der Waals surface area contributed by atoms with Crippen LogP contribution in [-0.4, -0.2) is 26.6 Å². The maximum Gasteiger partial charge on any atom is 0.233 e. The summed E-state index contributed by atoms with van der Waals surface area (Å²) in [6.45, 7) is 1.84. The zero-order valence-electron chi connectivity index (χ0n) is 9.26. The van der Waals surface area contributed by atoms with E-state index in [9.17, 15) is 13.2 Å². The SMILES string of the molecule is CC(=O)N1CC(CS(=O)(=O)Cl)c2ccccc21. The van der Waals surface area contributed by atoms with Gasteiger partial charge in [-0.25, -0.2) is 8.42 Å². The van der Waals surface area contributed by atoms with Crippen LogP contribution in [0.5, 0.6) is 0 Å². The summed E-state index contributed by atoms with van der Waals surface area (Å²) in [5, 5.41) is 0. The number of anilines is 1. The van der Waals surface area contributed by atoms with E-state index in [0.29, 0.717) is 6.54 Å². The Morgan fingerprint density at radius 2 is 2.12 bits per heavy atom. The van der Waals surface area contributed by atoms with E-state index in [-0.39, 0.29) is 17.6 Å². The molecule has 1 aliphatic heterocycles. The molecule has 1 amide bonds. The van der Waals surface area contributed by atoms with Crippen LogP contribution in [0.4, 0.5) is 5.69 Å². The Labute approximate surface area is 105 Å². The van der Waals surface area contributed by atoms with E-state index in [2.05, 4.69) is 0 Å². The second-order valence-electron chi connectivity index (χ2n) is 4.09. The number of amides is 1. The lowest BCUT2D eigenvalue weighted by molar-refractivity contribution is -0.116. The third kappa shape index (κ3) is 2.61. The minimum atomic E-state index is -3.57. The molecule has 1 atom stereocenters. The summed E-state index contributed by atoms with van der Waals surface area (Å²) in [6, 6.07) is 7.31. The fourth-order valence-corrected chi connectivity index (χ4v) is 3.40. The normalized spacial score (nSPS) is 19.2. The van der Waals surface area contributed by atoms with Crippen LogP contribution < -0.4 is 4.90 Å². The lowest BCUT2D eigenvalue weighted by atomic mass is 10.0. The second-order valence-corrected chi connectivity index (χ2v) is 6.91. The number of nitrogens with zero attached hydrogens (tertiary/aromatic N) is 1. The van der Waals surface area contributed by atoms with Crippen LogP contribution in [0.3, 0.4) is 0 Å². The Balaban J connectivity index is 2.38. The van der Waals surface area contributed by atoms with Gasteiger partial charge >= 0.3 is 0 Å². The van der Waals surface area contributed by atoms with E-state index in [1.807, 2.05) is 24.3 Å². The summed E-state index contributed by atoms with van der Waals surface area (Å²) >= 11 is 0. The number of fused-ring (bicyclic) bond motifs is 1. The molecule has 1 aromatic rings. The third-order valence-electron chi connectivity index (χ3n) is 2.85. The highest BCUT2D eigenvalue weighted by atomic mass is 35.7. The number of carbonyl (C=O) groups excluding carboxylic acids is 1. The molecule has 0 saturated carbocycles. The van der Waals surface area contributed by atoms with Crippen LogP contribution in [0.15, 0.2) is 24.3 Å². The number of carbonyl (C=O) groups is 1. The monoisotopic (exact) mass is 273 g/mol. The van der Waals surface area contributed by atoms with E-state index < -0.39 is 9.05 Å². The quantitative estimate of drug-likeness (QED) is 0.771. The molecule has 1 aliphatic rings. The Morgan fingerprint density at radius 1 is 1.47 bits per heavy atom. The van der Waals surface area contributed by atoms with Crippen LogP contribution in [-0.2, 0) is 13.8 Å². The molecule has 1 heterocycles. The summed E-state index contributed by atoms with van der Waals surface area (Å²) in [4.78, 5) is 13.0. The zero-order valence-corrected chi connectivity index (χ0v) is 10.8. The summed E-state index contributed by atoms with van der Waals surface area (Å²) in [5.41, 5.74) is 1.65. The molecule has 1 unspecified atom stereocenters. The van der Waals surface area contributed by atoms with Gasteiger partial charge in [0.1, 0.15) is 0 Å². The van der Waals surface area contributed by atoms with Crippen molar-refractivity contribution in [3.63, 3.8) is 0 Å². The zero-order chi connectivity index (χ0) is 12.6. The van der Waals surface area contributed by atoms with E-state index in [0.717, 1.165) is 11.3 Å². The van der Waals surface area contributed by atoms with Crippen LogP contribution in [0.25, 0.3) is 0 Å². The van der Waals surface area contributed by atoms with E-state index >= 15 is 0 Å². The second kappa shape index (κ2) is 4.31. The highest BCUT2D eigenvalue weighted by Gasteiger charge is 2.32. The third-order valence-corrected chi connectivity index (χ3v) is 4.03. The van der Waals surface area contributed by atoms with E-state index in [1.54, 1.807) is 4.90 Å². The van der Waals surface area contributed by atoms with Crippen molar-refractivity contribution in [1.82, 2.24) is 0 Å². The molecule has 0 radical (unpaired) electrons. The van der Waals surface area contributed by atoms with Crippen molar-refractivity contribution in [3.8, 4) is 0 Å². The summed E-state index contributed by atoms with van der Waals surface area (Å²) in [6.07, 6.45) is 0. The molecule has 0 N–H and O–H groups in total. The van der Waals surface area contributed by atoms with Crippen molar-refractivity contribution < 1.29 is 13.2 Å². The number of rotatable bonds is 2. The summed E-state index contributed by atoms with van der Waals surface area (Å²) in [7, 11) is 1.71. The fraction of sp³-hybridized carbons (Fsp3) is 0.364. The molecule has 1 aromatic carbocycles. The maximum absolute atomic E-state index is 11.5. The molecule has 4 nitrogen and oxygen atoms in total. The van der Waals surface area contributed by atoms with Crippen LogP contribution >= 0.6 is 10.7 Å². The van der Waals surface area contributed by atoms with Crippen molar-refractivity contribution >= 4 is 31.3 Å². The molecule has 0 bridgehead atoms. The lowest BCUT2D eigenvalue weighted by Gasteiger charge is -2.14. The van der Waals surface area contributed by atoms with Gasteiger partial charge in [0.25, 0.3) is 0 Å². The van der Waals surface area contributed by atoms with Gasteiger partial charge in [0.15, 0.2) is 0 Å². The van der Waals surface area contributed by atoms with Gasteiger partial charge in [0, 0.05) is 35.8 Å². The smallest absolute Gasteiger partial charge is 0.233 e. The Hall–Kier alpha value is -1.07. The fourth-order valence-electron chi connectivity index (χ4n) is 2.18. The highest BCUT2D eigenvalue weighted by molar-refractivity contribution is 8.13. The predicted molar refractivity (Wildman–Crippen MR) is 66.8 cm³/mol. The topological polar surface area (TPSA) is 54.5 Å². The van der Waals surface area contributed by atoms with E-state index in [4.69, 9.17) is 10.7 Å².